The van der Waals surface area contributed by atoms with Crippen molar-refractivity contribution in [1.82, 2.24) is 0 Å². The molecular formula is C12H9BrClFOS. The van der Waals surface area contributed by atoms with E-state index in [1.807, 2.05) is 11.4 Å². The fourth-order valence-electron chi connectivity index (χ4n) is 1.54. The van der Waals surface area contributed by atoms with Gasteiger partial charge in [0.25, 0.3) is 0 Å². The molecule has 0 aliphatic carbocycles. The third-order valence-corrected chi connectivity index (χ3v) is 4.35. The van der Waals surface area contributed by atoms with E-state index in [2.05, 4.69) is 15.9 Å². The Hall–Kier alpha value is -0.580. The predicted octanol–water partition coefficient (Wildman–Crippen LogP) is 4.99. The number of methoxy groups -OCH3 is 1. The Morgan fingerprint density at radius 2 is 2.18 bits per heavy atom. The zero-order chi connectivity index (χ0) is 12.4. The molecular weight excluding hydrogens is 327 g/mol. The van der Waals surface area contributed by atoms with E-state index in [4.69, 9.17) is 16.3 Å². The second kappa shape index (κ2) is 5.38. The molecule has 17 heavy (non-hydrogen) atoms. The Bertz CT molecular complexity index is 529. The van der Waals surface area contributed by atoms with Crippen LogP contribution in [-0.4, -0.2) is 7.11 Å². The van der Waals surface area contributed by atoms with Gasteiger partial charge in [0.2, 0.25) is 0 Å². The molecule has 0 spiro atoms. The molecule has 2 aromatic rings. The maximum Gasteiger partial charge on any atom is 0.124 e. The summed E-state index contributed by atoms with van der Waals surface area (Å²) in [6.07, 6.45) is 0. The SMILES string of the molecule is COc1ccc(F)cc1C(Cl)c1csc(Br)c1. The van der Waals surface area contributed by atoms with Gasteiger partial charge >= 0.3 is 0 Å². The molecule has 1 unspecified atom stereocenters. The summed E-state index contributed by atoms with van der Waals surface area (Å²) in [6.45, 7) is 0. The van der Waals surface area contributed by atoms with Crippen LogP contribution < -0.4 is 4.74 Å². The summed E-state index contributed by atoms with van der Waals surface area (Å²) in [6, 6.07) is 6.27. The van der Waals surface area contributed by atoms with E-state index < -0.39 is 5.38 Å². The van der Waals surface area contributed by atoms with Gasteiger partial charge in [-0.25, -0.2) is 4.39 Å². The third kappa shape index (κ3) is 2.81. The molecule has 1 heterocycles. The fraction of sp³-hybridized carbons (Fsp3) is 0.167. The molecule has 5 heteroatoms. The zero-order valence-electron chi connectivity index (χ0n) is 8.91. The molecule has 90 valence electrons. The third-order valence-electron chi connectivity index (χ3n) is 2.35. The molecule has 0 radical (unpaired) electrons. The van der Waals surface area contributed by atoms with Crippen LogP contribution >= 0.6 is 38.9 Å². The second-order valence-electron chi connectivity index (χ2n) is 3.43. The number of hydrogen-bond donors (Lipinski definition) is 0. The number of alkyl halides is 1. The molecule has 0 amide bonds. The molecule has 1 nitrogen and oxygen atoms in total. The molecule has 0 aliphatic rings. The molecule has 0 aliphatic heterocycles. The van der Waals surface area contributed by atoms with Crippen LogP contribution in [-0.2, 0) is 0 Å². The number of hydrogen-bond acceptors (Lipinski definition) is 2. The first-order valence-electron chi connectivity index (χ1n) is 4.83. The van der Waals surface area contributed by atoms with Gasteiger partial charge in [0.15, 0.2) is 0 Å². The maximum atomic E-state index is 13.2. The Morgan fingerprint density at radius 3 is 2.76 bits per heavy atom. The van der Waals surface area contributed by atoms with Gasteiger partial charge in [-0.2, -0.15) is 0 Å². The summed E-state index contributed by atoms with van der Waals surface area (Å²) in [7, 11) is 1.55. The lowest BCUT2D eigenvalue weighted by Gasteiger charge is -2.13. The van der Waals surface area contributed by atoms with Gasteiger partial charge in [0.05, 0.1) is 16.3 Å². The summed E-state index contributed by atoms with van der Waals surface area (Å²) in [4.78, 5) is 0. The summed E-state index contributed by atoms with van der Waals surface area (Å²) in [5.41, 5.74) is 1.56. The molecule has 0 fully saturated rings. The molecule has 0 saturated carbocycles. The number of thiophene rings is 1. The first-order valence-corrected chi connectivity index (χ1v) is 6.94. The first kappa shape index (κ1) is 12.9. The van der Waals surface area contributed by atoms with Crippen LogP contribution in [0.3, 0.4) is 0 Å². The van der Waals surface area contributed by atoms with Gasteiger partial charge in [-0.1, -0.05) is 0 Å². The molecule has 0 bridgehead atoms. The van der Waals surface area contributed by atoms with Crippen LogP contribution in [0.1, 0.15) is 16.5 Å². The lowest BCUT2D eigenvalue weighted by molar-refractivity contribution is 0.409. The minimum atomic E-state index is -0.414. The molecule has 0 N–H and O–H groups in total. The van der Waals surface area contributed by atoms with Crippen molar-refractivity contribution in [1.29, 1.82) is 0 Å². The van der Waals surface area contributed by atoms with E-state index in [-0.39, 0.29) is 5.82 Å². The molecule has 2 rings (SSSR count). The summed E-state index contributed by atoms with van der Waals surface area (Å²) < 4.78 is 19.4. The molecule has 1 aromatic carbocycles. The maximum absolute atomic E-state index is 13.2. The molecule has 1 aromatic heterocycles. The van der Waals surface area contributed by atoms with Crippen molar-refractivity contribution in [2.24, 2.45) is 0 Å². The van der Waals surface area contributed by atoms with Gasteiger partial charge in [-0.3, -0.25) is 0 Å². The summed E-state index contributed by atoms with van der Waals surface area (Å²) in [5, 5.41) is 1.52. The van der Waals surface area contributed by atoms with Crippen molar-refractivity contribution in [3.8, 4) is 5.75 Å². The van der Waals surface area contributed by atoms with Gasteiger partial charge in [0, 0.05) is 5.56 Å². The number of rotatable bonds is 3. The second-order valence-corrected chi connectivity index (χ2v) is 6.16. The van der Waals surface area contributed by atoms with Crippen molar-refractivity contribution < 1.29 is 9.13 Å². The zero-order valence-corrected chi connectivity index (χ0v) is 12.1. The minimum absolute atomic E-state index is 0.319. The highest BCUT2D eigenvalue weighted by molar-refractivity contribution is 9.11. The van der Waals surface area contributed by atoms with Crippen molar-refractivity contribution in [3.63, 3.8) is 0 Å². The van der Waals surface area contributed by atoms with Crippen LogP contribution in [0.5, 0.6) is 5.75 Å². The van der Waals surface area contributed by atoms with Gasteiger partial charge in [-0.15, -0.1) is 22.9 Å². The summed E-state index contributed by atoms with van der Waals surface area (Å²) in [5.74, 6) is 0.273. The quantitative estimate of drug-likeness (QED) is 0.718. The van der Waals surface area contributed by atoms with E-state index >= 15 is 0 Å². The van der Waals surface area contributed by atoms with E-state index in [9.17, 15) is 4.39 Å². The van der Waals surface area contributed by atoms with Gasteiger partial charge < -0.3 is 4.74 Å². The van der Waals surface area contributed by atoms with Gasteiger partial charge in [0.1, 0.15) is 11.6 Å². The van der Waals surface area contributed by atoms with Crippen molar-refractivity contribution >= 4 is 38.9 Å². The van der Waals surface area contributed by atoms with Crippen LogP contribution in [0.15, 0.2) is 33.4 Å². The van der Waals surface area contributed by atoms with Crippen LogP contribution in [0, 0.1) is 5.82 Å². The molecule has 1 atom stereocenters. The van der Waals surface area contributed by atoms with Crippen LogP contribution in [0.4, 0.5) is 4.39 Å². The number of benzene rings is 1. The first-order chi connectivity index (χ1) is 8.11. The van der Waals surface area contributed by atoms with Crippen LogP contribution in [0.2, 0.25) is 0 Å². The minimum Gasteiger partial charge on any atom is -0.496 e. The normalized spacial score (nSPS) is 12.5. The molecule has 0 saturated heterocycles. The van der Waals surface area contributed by atoms with Crippen molar-refractivity contribution in [3.05, 3.63) is 50.4 Å². The Labute approximate surface area is 116 Å². The van der Waals surface area contributed by atoms with Crippen LogP contribution in [0.25, 0.3) is 0 Å². The number of ether oxygens (including phenoxy) is 1. The lowest BCUT2D eigenvalue weighted by atomic mass is 10.1. The predicted molar refractivity (Wildman–Crippen MR) is 72.7 cm³/mol. The largest absolute Gasteiger partial charge is 0.496 e. The Kier molecular flexibility index (Phi) is 4.07. The highest BCUT2D eigenvalue weighted by Crippen LogP contribution is 2.38. The highest BCUT2D eigenvalue weighted by atomic mass is 79.9. The average molecular weight is 336 g/mol. The van der Waals surface area contributed by atoms with E-state index in [0.717, 1.165) is 9.35 Å². The van der Waals surface area contributed by atoms with E-state index in [1.54, 1.807) is 24.5 Å². The highest BCUT2D eigenvalue weighted by Gasteiger charge is 2.17. The number of halogens is 3. The summed E-state index contributed by atoms with van der Waals surface area (Å²) >= 11 is 11.3. The fourth-order valence-corrected chi connectivity index (χ4v) is 3.11. The van der Waals surface area contributed by atoms with Gasteiger partial charge in [-0.05, 0) is 51.1 Å². The standard InChI is InChI=1S/C12H9BrClFOS/c1-16-10-3-2-8(15)5-9(10)12(14)7-4-11(13)17-6-7/h2-6,12H,1H3. The Morgan fingerprint density at radius 1 is 1.41 bits per heavy atom. The Balaban J connectivity index is 2.42. The van der Waals surface area contributed by atoms with E-state index in [1.165, 1.54) is 12.1 Å². The topological polar surface area (TPSA) is 9.23 Å². The lowest BCUT2D eigenvalue weighted by Crippen LogP contribution is -1.97. The smallest absolute Gasteiger partial charge is 0.124 e. The monoisotopic (exact) mass is 334 g/mol. The average Bonchev–Trinajstić information content (AvgIpc) is 2.75. The van der Waals surface area contributed by atoms with E-state index in [0.29, 0.717) is 11.3 Å². The van der Waals surface area contributed by atoms with Crippen molar-refractivity contribution in [2.45, 2.75) is 5.38 Å². The van der Waals surface area contributed by atoms with Crippen molar-refractivity contribution in [2.75, 3.05) is 7.11 Å².